The van der Waals surface area contributed by atoms with Crippen LogP contribution < -0.4 is 4.90 Å². The molecule has 1 aromatic heterocycles. The molecular formula is C26H20BrCl2IN2O6. The number of imide groups is 2. The van der Waals surface area contributed by atoms with Gasteiger partial charge in [0.25, 0.3) is 11.8 Å². The molecule has 2 aromatic rings. The Kier molecular flexibility index (Phi) is 6.38. The van der Waals surface area contributed by atoms with E-state index in [1.807, 2.05) is 18.2 Å². The molecule has 6 atom stereocenters. The first-order valence-corrected chi connectivity index (χ1v) is 14.9. The fraction of sp³-hybridized carbons (Fsp3) is 0.385. The second kappa shape index (κ2) is 9.15. The molecule has 38 heavy (non-hydrogen) atoms. The van der Waals surface area contributed by atoms with Crippen molar-refractivity contribution in [2.75, 3.05) is 10.4 Å². The van der Waals surface area contributed by atoms with Crippen LogP contribution in [0, 0.1) is 21.3 Å². The van der Waals surface area contributed by atoms with Crippen molar-refractivity contribution in [2.45, 2.75) is 35.1 Å². The van der Waals surface area contributed by atoms with Gasteiger partial charge in [0, 0.05) is 3.57 Å². The van der Waals surface area contributed by atoms with Gasteiger partial charge in [-0.2, -0.15) is 0 Å². The average molecular weight is 734 g/mol. The molecule has 0 spiro atoms. The fourth-order valence-corrected chi connectivity index (χ4v) is 8.31. The molecular weight excluding hydrogens is 714 g/mol. The Morgan fingerprint density at radius 3 is 2.37 bits per heavy atom. The average Bonchev–Trinajstić information content (AvgIpc) is 3.51. The summed E-state index contributed by atoms with van der Waals surface area (Å²) in [5.41, 5.74) is 1.01. The minimum absolute atomic E-state index is 0.0945. The maximum atomic E-state index is 13.9. The summed E-state index contributed by atoms with van der Waals surface area (Å²) >= 11 is 19.6. The highest BCUT2D eigenvalue weighted by molar-refractivity contribution is 14.1. The number of allylic oxidation sites excluding steroid dienone is 2. The van der Waals surface area contributed by atoms with Crippen molar-refractivity contribution in [3.05, 3.63) is 63.1 Å². The first-order chi connectivity index (χ1) is 18.1. The van der Waals surface area contributed by atoms with E-state index in [2.05, 4.69) is 38.5 Å². The third-order valence-electron chi connectivity index (χ3n) is 8.22. The molecule has 4 amide bonds. The van der Waals surface area contributed by atoms with Crippen LogP contribution in [0.2, 0.25) is 0 Å². The number of nitrogens with zero attached hydrogens (tertiary/aromatic N) is 2. The predicted octanol–water partition coefficient (Wildman–Crippen LogP) is 4.29. The van der Waals surface area contributed by atoms with E-state index in [-0.39, 0.29) is 48.2 Å². The van der Waals surface area contributed by atoms with Gasteiger partial charge in [-0.25, -0.2) is 0 Å². The van der Waals surface area contributed by atoms with Crippen LogP contribution in [0.5, 0.6) is 0 Å². The zero-order valence-electron chi connectivity index (χ0n) is 19.6. The third kappa shape index (κ3) is 3.36. The molecule has 6 rings (SSSR count). The summed E-state index contributed by atoms with van der Waals surface area (Å²) in [6.45, 7) is -0.375. The molecule has 12 heteroatoms. The molecule has 8 nitrogen and oxygen atoms in total. The number of alkyl halides is 3. The van der Waals surface area contributed by atoms with Crippen LogP contribution in [0.1, 0.15) is 30.3 Å². The molecule has 1 N–H and O–H groups in total. The van der Waals surface area contributed by atoms with Gasteiger partial charge in [0.05, 0.1) is 28.9 Å². The highest BCUT2D eigenvalue weighted by Crippen LogP contribution is 2.65. The van der Waals surface area contributed by atoms with E-state index in [4.69, 9.17) is 27.6 Å². The summed E-state index contributed by atoms with van der Waals surface area (Å²) in [5.74, 6) is -4.55. The molecule has 2 aliphatic heterocycles. The Morgan fingerprint density at radius 1 is 1.03 bits per heavy atom. The number of carbonyl (C=O) groups excluding carboxylic acids is 4. The number of anilines is 1. The van der Waals surface area contributed by atoms with Crippen molar-refractivity contribution in [2.24, 2.45) is 17.8 Å². The first kappa shape index (κ1) is 26.5. The normalized spacial score (nSPS) is 34.4. The van der Waals surface area contributed by atoms with Crippen LogP contribution in [0.3, 0.4) is 0 Å². The van der Waals surface area contributed by atoms with Gasteiger partial charge in [0.1, 0.15) is 18.1 Å². The second-order valence-electron chi connectivity index (χ2n) is 9.94. The number of halogens is 4. The van der Waals surface area contributed by atoms with Gasteiger partial charge in [-0.1, -0.05) is 27.6 Å². The number of aliphatic hydroxyl groups is 1. The number of likely N-dealkylation sites (tertiary alicyclic amines) is 1. The van der Waals surface area contributed by atoms with Gasteiger partial charge in [0.15, 0.2) is 9.75 Å². The molecule has 3 heterocycles. The standard InChI is InChI=1S/C26H20BrCl2IN2O6/c27-11-31-23(36)25(28)9-17-15(20(26(25,29)24(31)37)18-8-5-14(10-33)38-18)6-7-16-19(17)22(35)32(21(16)34)13-3-1-12(30)2-4-13/h1-6,8,16-17,19-20,33H,7,9-11H2/t16-,17+,19-,20+,25+,26-/m0/s1. The largest absolute Gasteiger partial charge is 0.463 e. The lowest BCUT2D eigenvalue weighted by atomic mass is 9.57. The highest BCUT2D eigenvalue weighted by Gasteiger charge is 2.76. The zero-order valence-corrected chi connectivity index (χ0v) is 24.8. The van der Waals surface area contributed by atoms with Gasteiger partial charge in [-0.15, -0.1) is 23.2 Å². The van der Waals surface area contributed by atoms with Gasteiger partial charge < -0.3 is 9.52 Å². The van der Waals surface area contributed by atoms with Crippen LogP contribution >= 0.6 is 61.7 Å². The number of furan rings is 1. The molecule has 198 valence electrons. The SMILES string of the molecule is O=C1[C@H]2[C@H](CC=C3[C@H]2C[C@@]2(Cl)C(=O)N(CBr)C(=O)[C@@]2(Cl)[C@H]3c2ccc(CO)o2)C(=O)N1c1ccc(I)cc1. The number of carbonyl (C=O) groups is 4. The monoisotopic (exact) mass is 732 g/mol. The lowest BCUT2D eigenvalue weighted by molar-refractivity contribution is -0.138. The van der Waals surface area contributed by atoms with Gasteiger partial charge in [-0.05, 0) is 77.7 Å². The van der Waals surface area contributed by atoms with E-state index in [1.165, 1.54) is 4.90 Å². The summed E-state index contributed by atoms with van der Waals surface area (Å²) in [7, 11) is 0. The van der Waals surface area contributed by atoms with Gasteiger partial charge in [0.2, 0.25) is 11.8 Å². The Hall–Kier alpha value is -1.73. The lowest BCUT2D eigenvalue weighted by Gasteiger charge is -2.49. The van der Waals surface area contributed by atoms with Crippen molar-refractivity contribution in [1.29, 1.82) is 0 Å². The van der Waals surface area contributed by atoms with Crippen LogP contribution in [-0.2, 0) is 25.8 Å². The van der Waals surface area contributed by atoms with Gasteiger partial charge >= 0.3 is 0 Å². The molecule has 2 aliphatic carbocycles. The molecule has 0 bridgehead atoms. The summed E-state index contributed by atoms with van der Waals surface area (Å²) in [6, 6.07) is 10.3. The van der Waals surface area contributed by atoms with E-state index in [1.54, 1.807) is 24.3 Å². The summed E-state index contributed by atoms with van der Waals surface area (Å²) in [4.78, 5) is 53.0. The van der Waals surface area contributed by atoms with E-state index < -0.39 is 45.2 Å². The van der Waals surface area contributed by atoms with Crippen molar-refractivity contribution in [3.63, 3.8) is 0 Å². The number of fused-ring (bicyclic) bond motifs is 4. The topological polar surface area (TPSA) is 108 Å². The van der Waals surface area contributed by atoms with E-state index in [9.17, 15) is 24.3 Å². The second-order valence-corrected chi connectivity index (χ2v) is 12.9. The number of hydrogen-bond acceptors (Lipinski definition) is 6. The van der Waals surface area contributed by atoms with Crippen LogP contribution in [-0.4, -0.2) is 48.8 Å². The van der Waals surface area contributed by atoms with E-state index >= 15 is 0 Å². The number of hydrogen-bond donors (Lipinski definition) is 1. The quantitative estimate of drug-likeness (QED) is 0.165. The molecule has 4 aliphatic rings. The molecule has 0 unspecified atom stereocenters. The summed E-state index contributed by atoms with van der Waals surface area (Å²) in [5, 5.41) is 9.61. The zero-order chi connectivity index (χ0) is 27.1. The Balaban J connectivity index is 1.50. The van der Waals surface area contributed by atoms with Crippen molar-refractivity contribution in [1.82, 2.24) is 4.90 Å². The van der Waals surface area contributed by atoms with Gasteiger partial charge in [-0.3, -0.25) is 29.0 Å². The van der Waals surface area contributed by atoms with Crippen molar-refractivity contribution >= 4 is 91.0 Å². The predicted molar refractivity (Wildman–Crippen MR) is 150 cm³/mol. The number of amides is 4. The van der Waals surface area contributed by atoms with Crippen molar-refractivity contribution < 1.29 is 28.7 Å². The van der Waals surface area contributed by atoms with E-state index in [0.29, 0.717) is 11.3 Å². The van der Waals surface area contributed by atoms with Crippen molar-refractivity contribution in [3.8, 4) is 0 Å². The molecule has 3 fully saturated rings. The first-order valence-electron chi connectivity index (χ1n) is 11.9. The Bertz CT molecular complexity index is 1430. The Morgan fingerprint density at radius 2 is 1.74 bits per heavy atom. The maximum absolute atomic E-state index is 13.9. The third-order valence-corrected chi connectivity index (χ3v) is 10.9. The molecule has 1 saturated carbocycles. The Labute approximate surface area is 249 Å². The molecule has 0 radical (unpaired) electrons. The van der Waals surface area contributed by atoms with E-state index in [0.717, 1.165) is 8.47 Å². The lowest BCUT2D eigenvalue weighted by Crippen LogP contribution is -2.60. The smallest absolute Gasteiger partial charge is 0.254 e. The summed E-state index contributed by atoms with van der Waals surface area (Å²) < 4.78 is 6.83. The fourth-order valence-electron chi connectivity index (χ4n) is 6.54. The minimum atomic E-state index is -1.93. The minimum Gasteiger partial charge on any atom is -0.463 e. The summed E-state index contributed by atoms with van der Waals surface area (Å²) in [6.07, 6.45) is 2.01. The molecule has 2 saturated heterocycles. The van der Waals surface area contributed by atoms with Crippen LogP contribution in [0.4, 0.5) is 5.69 Å². The van der Waals surface area contributed by atoms with Crippen LogP contribution in [0.25, 0.3) is 0 Å². The number of benzene rings is 1. The highest BCUT2D eigenvalue weighted by atomic mass is 127. The number of aliphatic hydroxyl groups excluding tert-OH is 1. The molecule has 1 aromatic carbocycles. The van der Waals surface area contributed by atoms with Crippen LogP contribution in [0.15, 0.2) is 52.5 Å². The maximum Gasteiger partial charge on any atom is 0.254 e. The number of rotatable bonds is 4.